The molecule has 112 valence electrons. The van der Waals surface area contributed by atoms with Crippen LogP contribution < -0.4 is 10.5 Å². The molecule has 0 aliphatic heterocycles. The van der Waals surface area contributed by atoms with Gasteiger partial charge in [0.2, 0.25) is 0 Å². The molecule has 0 unspecified atom stereocenters. The van der Waals surface area contributed by atoms with E-state index in [9.17, 15) is 0 Å². The topological polar surface area (TPSA) is 35.2 Å². The first kappa shape index (κ1) is 16.1. The minimum Gasteiger partial charge on any atom is -0.494 e. The molecular formula is C17H20ClNOS. The maximum absolute atomic E-state index is 6.00. The van der Waals surface area contributed by atoms with Crippen LogP contribution in [0.25, 0.3) is 0 Å². The van der Waals surface area contributed by atoms with Crippen molar-refractivity contribution >= 4 is 29.1 Å². The first-order valence-electron chi connectivity index (χ1n) is 6.93. The Bertz CT molecular complexity index is 595. The van der Waals surface area contributed by atoms with Crippen LogP contribution in [0.3, 0.4) is 0 Å². The van der Waals surface area contributed by atoms with Gasteiger partial charge in [0.1, 0.15) is 5.75 Å². The molecule has 0 saturated heterocycles. The van der Waals surface area contributed by atoms with Crippen LogP contribution >= 0.6 is 23.4 Å². The molecule has 0 amide bonds. The van der Waals surface area contributed by atoms with Crippen molar-refractivity contribution in [2.45, 2.75) is 25.2 Å². The fourth-order valence-corrected chi connectivity index (χ4v) is 3.16. The van der Waals surface area contributed by atoms with Gasteiger partial charge >= 0.3 is 0 Å². The third kappa shape index (κ3) is 5.18. The number of rotatable bonds is 6. The zero-order chi connectivity index (χ0) is 15.2. The first-order valence-corrected chi connectivity index (χ1v) is 8.30. The summed E-state index contributed by atoms with van der Waals surface area (Å²) in [5, 5.41) is 0.617. The lowest BCUT2D eigenvalue weighted by atomic mass is 10.1. The number of aryl methyl sites for hydroxylation is 2. The predicted octanol–water partition coefficient (Wildman–Crippen LogP) is 5.10. The van der Waals surface area contributed by atoms with Crippen LogP contribution in [-0.4, -0.2) is 12.4 Å². The Kier molecular flexibility index (Phi) is 5.83. The molecule has 4 heteroatoms. The van der Waals surface area contributed by atoms with Crippen molar-refractivity contribution in [1.29, 1.82) is 0 Å². The number of hydrogen-bond donors (Lipinski definition) is 1. The van der Waals surface area contributed by atoms with Gasteiger partial charge in [-0.1, -0.05) is 17.7 Å². The van der Waals surface area contributed by atoms with Crippen LogP contribution in [0.1, 0.15) is 17.5 Å². The number of nitrogen functional groups attached to an aromatic ring is 1. The number of nitrogens with two attached hydrogens (primary N) is 1. The van der Waals surface area contributed by atoms with Crippen LogP contribution in [0.2, 0.25) is 5.02 Å². The molecular weight excluding hydrogens is 302 g/mol. The molecule has 0 saturated carbocycles. The highest BCUT2D eigenvalue weighted by Crippen LogP contribution is 2.26. The van der Waals surface area contributed by atoms with Gasteiger partial charge in [-0.3, -0.25) is 0 Å². The summed E-state index contributed by atoms with van der Waals surface area (Å²) < 4.78 is 5.79. The van der Waals surface area contributed by atoms with E-state index >= 15 is 0 Å². The van der Waals surface area contributed by atoms with Gasteiger partial charge in [0, 0.05) is 10.6 Å². The lowest BCUT2D eigenvalue weighted by Crippen LogP contribution is -1.99. The van der Waals surface area contributed by atoms with Crippen molar-refractivity contribution in [2.75, 3.05) is 18.1 Å². The molecule has 2 N–H and O–H groups in total. The van der Waals surface area contributed by atoms with Gasteiger partial charge < -0.3 is 10.5 Å². The minimum absolute atomic E-state index is 0.617. The minimum atomic E-state index is 0.617. The normalized spacial score (nSPS) is 10.6. The molecule has 0 aliphatic rings. The molecule has 0 bridgehead atoms. The quantitative estimate of drug-likeness (QED) is 0.456. The van der Waals surface area contributed by atoms with Crippen LogP contribution in [0.5, 0.6) is 5.75 Å². The zero-order valence-electron chi connectivity index (χ0n) is 12.4. The van der Waals surface area contributed by atoms with E-state index in [1.807, 2.05) is 18.2 Å². The van der Waals surface area contributed by atoms with E-state index in [1.165, 1.54) is 11.1 Å². The Morgan fingerprint density at radius 1 is 1.10 bits per heavy atom. The summed E-state index contributed by atoms with van der Waals surface area (Å²) in [5.41, 5.74) is 8.78. The summed E-state index contributed by atoms with van der Waals surface area (Å²) in [6.07, 6.45) is 0.986. The molecule has 2 aromatic rings. The number of benzene rings is 2. The Balaban J connectivity index is 1.73. The highest BCUT2D eigenvalue weighted by atomic mass is 35.5. The fourth-order valence-electron chi connectivity index (χ4n) is 2.05. The average molecular weight is 322 g/mol. The van der Waals surface area contributed by atoms with Crippen molar-refractivity contribution in [3.63, 3.8) is 0 Å². The molecule has 0 aromatic heterocycles. The average Bonchev–Trinajstić information content (AvgIpc) is 2.41. The summed E-state index contributed by atoms with van der Waals surface area (Å²) in [6.45, 7) is 4.89. The predicted molar refractivity (Wildman–Crippen MR) is 92.6 cm³/mol. The van der Waals surface area contributed by atoms with E-state index in [0.29, 0.717) is 10.7 Å². The largest absolute Gasteiger partial charge is 0.494 e. The van der Waals surface area contributed by atoms with Crippen molar-refractivity contribution in [2.24, 2.45) is 0 Å². The molecule has 0 heterocycles. The number of ether oxygens (including phenoxy) is 1. The Morgan fingerprint density at radius 2 is 1.81 bits per heavy atom. The van der Waals surface area contributed by atoms with Gasteiger partial charge in [0.05, 0.1) is 17.3 Å². The SMILES string of the molecule is Cc1cc(C)cc(OCCCSc2ccc(N)c(Cl)c2)c1. The molecule has 2 rings (SSSR count). The highest BCUT2D eigenvalue weighted by Gasteiger charge is 2.00. The summed E-state index contributed by atoms with van der Waals surface area (Å²) in [6, 6.07) is 12.0. The van der Waals surface area contributed by atoms with E-state index in [-0.39, 0.29) is 0 Å². The Hall–Kier alpha value is -1.32. The van der Waals surface area contributed by atoms with Gasteiger partial charge in [-0.15, -0.1) is 11.8 Å². The van der Waals surface area contributed by atoms with E-state index in [4.69, 9.17) is 22.1 Å². The second-order valence-corrected chi connectivity index (χ2v) is 6.63. The van der Waals surface area contributed by atoms with Crippen molar-refractivity contribution in [3.05, 3.63) is 52.5 Å². The van der Waals surface area contributed by atoms with E-state index in [2.05, 4.69) is 32.0 Å². The first-order chi connectivity index (χ1) is 10.0. The lowest BCUT2D eigenvalue weighted by Gasteiger charge is -2.08. The third-order valence-electron chi connectivity index (χ3n) is 2.99. The van der Waals surface area contributed by atoms with Crippen molar-refractivity contribution in [3.8, 4) is 5.75 Å². The standard InChI is InChI=1S/C17H20ClNOS/c1-12-8-13(2)10-14(9-12)20-6-3-7-21-15-4-5-17(19)16(18)11-15/h4-5,8-11H,3,6-7,19H2,1-2H3. The van der Waals surface area contributed by atoms with Gasteiger partial charge in [0.25, 0.3) is 0 Å². The summed E-state index contributed by atoms with van der Waals surface area (Å²) in [7, 11) is 0. The van der Waals surface area contributed by atoms with Crippen LogP contribution in [0.15, 0.2) is 41.3 Å². The Morgan fingerprint density at radius 3 is 2.48 bits per heavy atom. The smallest absolute Gasteiger partial charge is 0.119 e. The molecule has 2 nitrogen and oxygen atoms in total. The van der Waals surface area contributed by atoms with E-state index < -0.39 is 0 Å². The van der Waals surface area contributed by atoms with Crippen molar-refractivity contribution < 1.29 is 4.74 Å². The Labute approximate surface area is 135 Å². The summed E-state index contributed by atoms with van der Waals surface area (Å²) >= 11 is 7.77. The maximum Gasteiger partial charge on any atom is 0.119 e. The molecule has 21 heavy (non-hydrogen) atoms. The van der Waals surface area contributed by atoms with Gasteiger partial charge in [-0.25, -0.2) is 0 Å². The van der Waals surface area contributed by atoms with Gasteiger partial charge in [0.15, 0.2) is 0 Å². The second kappa shape index (κ2) is 7.62. The third-order valence-corrected chi connectivity index (χ3v) is 4.40. The van der Waals surface area contributed by atoms with Crippen LogP contribution in [-0.2, 0) is 0 Å². The molecule has 0 atom stereocenters. The van der Waals surface area contributed by atoms with Crippen LogP contribution in [0, 0.1) is 13.8 Å². The number of hydrogen-bond acceptors (Lipinski definition) is 3. The number of thioether (sulfide) groups is 1. The van der Waals surface area contributed by atoms with Crippen molar-refractivity contribution in [1.82, 2.24) is 0 Å². The van der Waals surface area contributed by atoms with Crippen LogP contribution in [0.4, 0.5) is 5.69 Å². The highest BCUT2D eigenvalue weighted by molar-refractivity contribution is 7.99. The monoisotopic (exact) mass is 321 g/mol. The summed E-state index contributed by atoms with van der Waals surface area (Å²) in [5.74, 6) is 1.94. The van der Waals surface area contributed by atoms with E-state index in [0.717, 1.165) is 29.4 Å². The second-order valence-electron chi connectivity index (χ2n) is 5.06. The van der Waals surface area contributed by atoms with Gasteiger partial charge in [-0.2, -0.15) is 0 Å². The number of halogens is 1. The van der Waals surface area contributed by atoms with E-state index in [1.54, 1.807) is 11.8 Å². The fraction of sp³-hybridized carbons (Fsp3) is 0.294. The molecule has 0 fully saturated rings. The molecule has 0 spiro atoms. The maximum atomic E-state index is 6.00. The zero-order valence-corrected chi connectivity index (χ0v) is 13.9. The lowest BCUT2D eigenvalue weighted by molar-refractivity contribution is 0.318. The number of anilines is 1. The molecule has 0 radical (unpaired) electrons. The molecule has 2 aromatic carbocycles. The van der Waals surface area contributed by atoms with Gasteiger partial charge in [-0.05, 0) is 61.7 Å². The summed E-state index contributed by atoms with van der Waals surface area (Å²) in [4.78, 5) is 1.14. The molecule has 0 aliphatic carbocycles.